The number of hydrogen-bond acceptors (Lipinski definition) is 3. The van der Waals surface area contributed by atoms with Crippen LogP contribution in [-0.4, -0.2) is 15.7 Å². The minimum Gasteiger partial charge on any atom is -0.306 e. The second-order valence-corrected chi connectivity index (χ2v) is 8.06. The minimum absolute atomic E-state index is 0.139. The average Bonchev–Trinajstić information content (AvgIpc) is 3.30. The summed E-state index contributed by atoms with van der Waals surface area (Å²) in [6.45, 7) is 0. The van der Waals surface area contributed by atoms with Crippen molar-refractivity contribution in [2.24, 2.45) is 0 Å². The Labute approximate surface area is 171 Å². The van der Waals surface area contributed by atoms with Gasteiger partial charge in [-0.05, 0) is 35.0 Å². The lowest BCUT2D eigenvalue weighted by Gasteiger charge is -2.12. The zero-order chi connectivity index (χ0) is 19.1. The largest absolute Gasteiger partial charge is 0.306 e. The van der Waals surface area contributed by atoms with E-state index in [4.69, 9.17) is 16.7 Å². The number of fused-ring (bicyclic) bond motifs is 2. The zero-order valence-electron chi connectivity index (χ0n) is 14.9. The standard InChI is InChI=1S/C22H16ClN3OS/c23-15-7-4-8-16(11-15)26-21(19-12-28-13-20(19)25-26)24-22(27)18-10-3-6-14-5-1-2-9-17(14)18/h1-11H,12-13H2,(H,24,27). The minimum atomic E-state index is -0.139. The van der Waals surface area contributed by atoms with Crippen molar-refractivity contribution in [3.8, 4) is 5.69 Å². The van der Waals surface area contributed by atoms with Crippen LogP contribution in [0.3, 0.4) is 0 Å². The topological polar surface area (TPSA) is 46.9 Å². The van der Waals surface area contributed by atoms with Gasteiger partial charge in [-0.2, -0.15) is 16.9 Å². The van der Waals surface area contributed by atoms with E-state index in [-0.39, 0.29) is 5.91 Å². The van der Waals surface area contributed by atoms with Crippen molar-refractivity contribution >= 4 is 45.9 Å². The number of halogens is 1. The smallest absolute Gasteiger partial charge is 0.257 e. The van der Waals surface area contributed by atoms with Gasteiger partial charge in [0.15, 0.2) is 0 Å². The van der Waals surface area contributed by atoms with Crippen LogP contribution in [0.1, 0.15) is 21.6 Å². The Balaban J connectivity index is 1.59. The van der Waals surface area contributed by atoms with E-state index in [9.17, 15) is 4.79 Å². The third-order valence-corrected chi connectivity index (χ3v) is 6.08. The molecule has 1 aromatic heterocycles. The summed E-state index contributed by atoms with van der Waals surface area (Å²) in [5.74, 6) is 2.26. The molecule has 0 unspecified atom stereocenters. The molecule has 2 heterocycles. The van der Waals surface area contributed by atoms with Gasteiger partial charge in [-0.15, -0.1) is 0 Å². The predicted molar refractivity (Wildman–Crippen MR) is 115 cm³/mol. The number of benzene rings is 3. The molecule has 0 fully saturated rings. The lowest BCUT2D eigenvalue weighted by Crippen LogP contribution is -2.16. The van der Waals surface area contributed by atoms with Crippen LogP contribution in [0, 0.1) is 0 Å². The maximum atomic E-state index is 13.2. The molecule has 4 nitrogen and oxygen atoms in total. The molecule has 0 atom stereocenters. The molecule has 5 rings (SSSR count). The van der Waals surface area contributed by atoms with E-state index < -0.39 is 0 Å². The summed E-state index contributed by atoms with van der Waals surface area (Å²) in [6, 6.07) is 21.2. The van der Waals surface area contributed by atoms with Crippen molar-refractivity contribution in [2.45, 2.75) is 11.5 Å². The van der Waals surface area contributed by atoms with Gasteiger partial charge in [0.05, 0.1) is 11.4 Å². The van der Waals surface area contributed by atoms with Crippen molar-refractivity contribution in [1.29, 1.82) is 0 Å². The van der Waals surface area contributed by atoms with Crippen LogP contribution in [0.5, 0.6) is 0 Å². The van der Waals surface area contributed by atoms with Crippen molar-refractivity contribution in [3.05, 3.63) is 88.6 Å². The Bertz CT molecular complexity index is 1210. The highest BCUT2D eigenvalue weighted by Crippen LogP contribution is 2.36. The van der Waals surface area contributed by atoms with E-state index in [2.05, 4.69) is 5.32 Å². The Kier molecular flexibility index (Phi) is 4.34. The fraction of sp³-hybridized carbons (Fsp3) is 0.0909. The normalized spacial score (nSPS) is 12.9. The van der Waals surface area contributed by atoms with Crippen LogP contribution in [-0.2, 0) is 11.5 Å². The molecule has 4 aromatic rings. The van der Waals surface area contributed by atoms with E-state index in [0.717, 1.165) is 45.0 Å². The van der Waals surface area contributed by atoms with Gasteiger partial charge in [0.2, 0.25) is 0 Å². The zero-order valence-corrected chi connectivity index (χ0v) is 16.4. The molecule has 0 saturated heterocycles. The third-order valence-electron chi connectivity index (χ3n) is 4.87. The number of nitrogens with zero attached hydrogens (tertiary/aromatic N) is 2. The van der Waals surface area contributed by atoms with Gasteiger partial charge in [0.1, 0.15) is 5.82 Å². The Morgan fingerprint density at radius 1 is 1.04 bits per heavy atom. The number of carbonyl (C=O) groups excluding carboxylic acids is 1. The fourth-order valence-corrected chi connectivity index (χ4v) is 4.75. The number of hydrogen-bond donors (Lipinski definition) is 1. The van der Waals surface area contributed by atoms with Gasteiger partial charge >= 0.3 is 0 Å². The van der Waals surface area contributed by atoms with Crippen LogP contribution in [0.25, 0.3) is 16.5 Å². The van der Waals surface area contributed by atoms with Crippen LogP contribution in [0.4, 0.5) is 5.82 Å². The van der Waals surface area contributed by atoms with Gasteiger partial charge in [0.25, 0.3) is 5.91 Å². The summed E-state index contributed by atoms with van der Waals surface area (Å²) >= 11 is 7.98. The summed E-state index contributed by atoms with van der Waals surface area (Å²) in [6.07, 6.45) is 0. The Morgan fingerprint density at radius 3 is 2.75 bits per heavy atom. The molecular weight excluding hydrogens is 390 g/mol. The summed E-state index contributed by atoms with van der Waals surface area (Å²) in [5.41, 5.74) is 3.58. The molecule has 1 aliphatic heterocycles. The number of amides is 1. The SMILES string of the molecule is O=C(Nc1c2c(nn1-c1cccc(Cl)c1)CSC2)c1cccc2ccccc12. The molecule has 0 radical (unpaired) electrons. The lowest BCUT2D eigenvalue weighted by molar-refractivity contribution is 0.102. The molecule has 1 aliphatic rings. The van der Waals surface area contributed by atoms with Gasteiger partial charge < -0.3 is 5.32 Å². The van der Waals surface area contributed by atoms with Crippen LogP contribution >= 0.6 is 23.4 Å². The number of aromatic nitrogens is 2. The molecule has 3 aromatic carbocycles. The highest BCUT2D eigenvalue weighted by molar-refractivity contribution is 7.98. The van der Waals surface area contributed by atoms with Crippen LogP contribution in [0.15, 0.2) is 66.7 Å². The van der Waals surface area contributed by atoms with Crippen molar-refractivity contribution in [2.75, 3.05) is 5.32 Å². The first kappa shape index (κ1) is 17.3. The molecular formula is C22H16ClN3OS. The average molecular weight is 406 g/mol. The molecule has 0 bridgehead atoms. The molecule has 0 spiro atoms. The van der Waals surface area contributed by atoms with E-state index >= 15 is 0 Å². The number of thioether (sulfide) groups is 1. The first-order valence-corrected chi connectivity index (χ1v) is 10.5. The van der Waals surface area contributed by atoms with Crippen LogP contribution < -0.4 is 5.32 Å². The van der Waals surface area contributed by atoms with Crippen molar-refractivity contribution < 1.29 is 4.79 Å². The molecule has 28 heavy (non-hydrogen) atoms. The third kappa shape index (κ3) is 2.97. The molecule has 138 valence electrons. The fourth-order valence-electron chi connectivity index (χ4n) is 3.53. The van der Waals surface area contributed by atoms with Crippen molar-refractivity contribution in [3.63, 3.8) is 0 Å². The molecule has 6 heteroatoms. The monoisotopic (exact) mass is 405 g/mol. The van der Waals surface area contributed by atoms with E-state index in [1.165, 1.54) is 0 Å². The Morgan fingerprint density at radius 2 is 1.86 bits per heavy atom. The first-order valence-electron chi connectivity index (χ1n) is 8.94. The summed E-state index contributed by atoms with van der Waals surface area (Å²) in [5, 5.41) is 10.5. The quantitative estimate of drug-likeness (QED) is 0.477. The summed E-state index contributed by atoms with van der Waals surface area (Å²) in [4.78, 5) is 13.2. The molecule has 1 amide bonds. The number of nitrogens with one attached hydrogen (secondary N) is 1. The van der Waals surface area contributed by atoms with E-state index in [0.29, 0.717) is 10.6 Å². The maximum absolute atomic E-state index is 13.2. The van der Waals surface area contributed by atoms with Crippen molar-refractivity contribution in [1.82, 2.24) is 9.78 Å². The Hall–Kier alpha value is -2.76. The molecule has 0 saturated carbocycles. The van der Waals surface area contributed by atoms with E-state index in [1.807, 2.05) is 66.7 Å². The highest BCUT2D eigenvalue weighted by atomic mass is 35.5. The number of rotatable bonds is 3. The number of anilines is 1. The predicted octanol–water partition coefficient (Wildman–Crippen LogP) is 5.68. The lowest BCUT2D eigenvalue weighted by atomic mass is 10.0. The number of carbonyl (C=O) groups is 1. The second-order valence-electron chi connectivity index (χ2n) is 6.64. The van der Waals surface area contributed by atoms with Crippen LogP contribution in [0.2, 0.25) is 5.02 Å². The second kappa shape index (κ2) is 7.00. The summed E-state index contributed by atoms with van der Waals surface area (Å²) in [7, 11) is 0. The first-order chi connectivity index (χ1) is 13.7. The molecule has 1 N–H and O–H groups in total. The maximum Gasteiger partial charge on any atom is 0.257 e. The van der Waals surface area contributed by atoms with Gasteiger partial charge in [0, 0.05) is 27.7 Å². The highest BCUT2D eigenvalue weighted by Gasteiger charge is 2.25. The van der Waals surface area contributed by atoms with Gasteiger partial charge in [-0.3, -0.25) is 4.79 Å². The summed E-state index contributed by atoms with van der Waals surface area (Å²) < 4.78 is 1.79. The van der Waals surface area contributed by atoms with E-state index in [1.54, 1.807) is 16.4 Å². The van der Waals surface area contributed by atoms with Gasteiger partial charge in [-0.25, -0.2) is 4.68 Å². The van der Waals surface area contributed by atoms with Gasteiger partial charge in [-0.1, -0.05) is 54.1 Å². The molecule has 0 aliphatic carbocycles.